The molecule has 0 spiro atoms. The molecule has 0 saturated heterocycles. The topological polar surface area (TPSA) is 17.8 Å². The highest BCUT2D eigenvalue weighted by Gasteiger charge is 2.13. The summed E-state index contributed by atoms with van der Waals surface area (Å²) in [4.78, 5) is 4.72. The summed E-state index contributed by atoms with van der Waals surface area (Å²) in [6.45, 7) is 7.64. The fourth-order valence-electron chi connectivity index (χ4n) is 1.99. The molecule has 0 aliphatic heterocycles. The number of rotatable bonds is 3. The number of nitrogens with zero attached hydrogens (tertiary/aromatic N) is 2. The average molecular weight is 202 g/mol. The molecular formula is C13H18N2. The van der Waals surface area contributed by atoms with Crippen molar-refractivity contribution in [2.24, 2.45) is 0 Å². The smallest absolute Gasteiger partial charge is 0.112 e. The van der Waals surface area contributed by atoms with Crippen LogP contribution < -0.4 is 0 Å². The van der Waals surface area contributed by atoms with Gasteiger partial charge in [-0.1, -0.05) is 26.0 Å². The molecule has 1 atom stereocenters. The van der Waals surface area contributed by atoms with Crippen LogP contribution in [0.15, 0.2) is 24.3 Å². The van der Waals surface area contributed by atoms with Crippen molar-refractivity contribution in [3.05, 3.63) is 30.1 Å². The van der Waals surface area contributed by atoms with Crippen LogP contribution in [0.2, 0.25) is 0 Å². The fourth-order valence-corrected chi connectivity index (χ4v) is 1.99. The van der Waals surface area contributed by atoms with Crippen molar-refractivity contribution in [2.45, 2.75) is 39.7 Å². The summed E-state index contributed by atoms with van der Waals surface area (Å²) in [6.07, 6.45) is 1.14. The summed E-state index contributed by atoms with van der Waals surface area (Å²) in [5, 5.41) is 0. The lowest BCUT2D eigenvalue weighted by Gasteiger charge is -2.10. The van der Waals surface area contributed by atoms with Gasteiger partial charge < -0.3 is 4.57 Å². The van der Waals surface area contributed by atoms with Gasteiger partial charge in [0, 0.05) is 12.5 Å². The molecule has 80 valence electrons. The van der Waals surface area contributed by atoms with E-state index in [1.165, 1.54) is 11.3 Å². The maximum Gasteiger partial charge on any atom is 0.112 e. The molecular weight excluding hydrogens is 184 g/mol. The molecule has 0 N–H and O–H groups in total. The van der Waals surface area contributed by atoms with Crippen LogP contribution >= 0.6 is 0 Å². The molecule has 0 radical (unpaired) electrons. The van der Waals surface area contributed by atoms with E-state index in [4.69, 9.17) is 4.98 Å². The van der Waals surface area contributed by atoms with E-state index in [0.29, 0.717) is 5.92 Å². The molecule has 2 aromatic rings. The van der Waals surface area contributed by atoms with E-state index in [1.807, 2.05) is 0 Å². The number of imidazole rings is 1. The second kappa shape index (κ2) is 4.05. The van der Waals surface area contributed by atoms with Crippen molar-refractivity contribution in [3.8, 4) is 0 Å². The number of hydrogen-bond donors (Lipinski definition) is 0. The molecule has 1 aromatic heterocycles. The van der Waals surface area contributed by atoms with Crippen LogP contribution in [0.5, 0.6) is 0 Å². The van der Waals surface area contributed by atoms with Gasteiger partial charge in [-0.15, -0.1) is 0 Å². The van der Waals surface area contributed by atoms with Crippen LogP contribution in [-0.2, 0) is 6.54 Å². The zero-order valence-corrected chi connectivity index (χ0v) is 9.70. The summed E-state index contributed by atoms with van der Waals surface area (Å²) in [5.41, 5.74) is 2.38. The zero-order chi connectivity index (χ0) is 10.8. The summed E-state index contributed by atoms with van der Waals surface area (Å²) >= 11 is 0. The van der Waals surface area contributed by atoms with E-state index in [2.05, 4.69) is 49.6 Å². The van der Waals surface area contributed by atoms with Crippen LogP contribution in [0.3, 0.4) is 0 Å². The first-order chi connectivity index (χ1) is 7.27. The molecule has 0 unspecified atom stereocenters. The SMILES string of the molecule is CC[C@@H](C)c1nc2ccccc2n1CC. The molecule has 0 aliphatic rings. The Bertz CT molecular complexity index is 457. The molecule has 1 aromatic carbocycles. The summed E-state index contributed by atoms with van der Waals surface area (Å²) in [5.74, 6) is 1.76. The van der Waals surface area contributed by atoms with E-state index in [9.17, 15) is 0 Å². The molecule has 2 rings (SSSR count). The van der Waals surface area contributed by atoms with Gasteiger partial charge in [-0.25, -0.2) is 4.98 Å². The lowest BCUT2D eigenvalue weighted by atomic mass is 10.1. The van der Waals surface area contributed by atoms with Crippen molar-refractivity contribution < 1.29 is 0 Å². The predicted octanol–water partition coefficient (Wildman–Crippen LogP) is 3.57. The average Bonchev–Trinajstić information content (AvgIpc) is 2.66. The van der Waals surface area contributed by atoms with Crippen molar-refractivity contribution >= 4 is 11.0 Å². The van der Waals surface area contributed by atoms with E-state index < -0.39 is 0 Å². The zero-order valence-electron chi connectivity index (χ0n) is 9.70. The Labute approximate surface area is 90.9 Å². The van der Waals surface area contributed by atoms with Crippen LogP contribution in [0.1, 0.15) is 38.9 Å². The maximum absolute atomic E-state index is 4.72. The van der Waals surface area contributed by atoms with Crippen molar-refractivity contribution in [3.63, 3.8) is 0 Å². The Hall–Kier alpha value is -1.31. The van der Waals surface area contributed by atoms with Crippen molar-refractivity contribution in [2.75, 3.05) is 0 Å². The number of fused-ring (bicyclic) bond motifs is 1. The highest BCUT2D eigenvalue weighted by atomic mass is 15.1. The monoisotopic (exact) mass is 202 g/mol. The molecule has 0 saturated carbocycles. The third kappa shape index (κ3) is 1.65. The van der Waals surface area contributed by atoms with Crippen molar-refractivity contribution in [1.82, 2.24) is 9.55 Å². The normalized spacial score (nSPS) is 13.3. The van der Waals surface area contributed by atoms with E-state index in [-0.39, 0.29) is 0 Å². The predicted molar refractivity (Wildman–Crippen MR) is 64.1 cm³/mol. The first-order valence-corrected chi connectivity index (χ1v) is 5.73. The van der Waals surface area contributed by atoms with Gasteiger partial charge in [0.25, 0.3) is 0 Å². The molecule has 2 heteroatoms. The second-order valence-electron chi connectivity index (χ2n) is 4.01. The van der Waals surface area contributed by atoms with E-state index in [0.717, 1.165) is 18.5 Å². The number of hydrogen-bond acceptors (Lipinski definition) is 1. The molecule has 15 heavy (non-hydrogen) atoms. The maximum atomic E-state index is 4.72. The summed E-state index contributed by atoms with van der Waals surface area (Å²) in [6, 6.07) is 8.37. The fraction of sp³-hybridized carbons (Fsp3) is 0.462. The Morgan fingerprint density at radius 2 is 2.00 bits per heavy atom. The van der Waals surface area contributed by atoms with Crippen LogP contribution in [0.25, 0.3) is 11.0 Å². The lowest BCUT2D eigenvalue weighted by Crippen LogP contribution is -2.04. The third-order valence-corrected chi connectivity index (χ3v) is 3.05. The summed E-state index contributed by atoms with van der Waals surface area (Å²) < 4.78 is 2.32. The molecule has 0 fully saturated rings. The van der Waals surface area contributed by atoms with Crippen LogP contribution in [0, 0.1) is 0 Å². The molecule has 0 aliphatic carbocycles. The lowest BCUT2D eigenvalue weighted by molar-refractivity contribution is 0.617. The Kier molecular flexibility index (Phi) is 2.76. The number of para-hydroxylation sites is 2. The minimum absolute atomic E-state index is 0.539. The highest BCUT2D eigenvalue weighted by Crippen LogP contribution is 2.23. The third-order valence-electron chi connectivity index (χ3n) is 3.05. The molecule has 2 nitrogen and oxygen atoms in total. The number of aryl methyl sites for hydroxylation is 1. The van der Waals surface area contributed by atoms with Gasteiger partial charge in [0.15, 0.2) is 0 Å². The minimum atomic E-state index is 0.539. The molecule has 0 bridgehead atoms. The Morgan fingerprint density at radius 1 is 1.27 bits per heavy atom. The van der Waals surface area contributed by atoms with Crippen molar-refractivity contribution in [1.29, 1.82) is 0 Å². The standard InChI is InChI=1S/C13H18N2/c1-4-10(3)13-14-11-8-6-7-9-12(11)15(13)5-2/h6-10H,4-5H2,1-3H3/t10-/m1/s1. The van der Waals surface area contributed by atoms with Gasteiger partial charge in [0.1, 0.15) is 5.82 Å². The second-order valence-corrected chi connectivity index (χ2v) is 4.01. The van der Waals surface area contributed by atoms with Gasteiger partial charge >= 0.3 is 0 Å². The Balaban J connectivity index is 2.63. The van der Waals surface area contributed by atoms with Gasteiger partial charge in [-0.3, -0.25) is 0 Å². The first-order valence-electron chi connectivity index (χ1n) is 5.73. The largest absolute Gasteiger partial charge is 0.328 e. The number of benzene rings is 1. The van der Waals surface area contributed by atoms with Crippen LogP contribution in [-0.4, -0.2) is 9.55 Å². The van der Waals surface area contributed by atoms with Gasteiger partial charge in [0.05, 0.1) is 11.0 Å². The first kappa shape index (κ1) is 10.2. The minimum Gasteiger partial charge on any atom is -0.328 e. The highest BCUT2D eigenvalue weighted by molar-refractivity contribution is 5.76. The van der Waals surface area contributed by atoms with E-state index >= 15 is 0 Å². The quantitative estimate of drug-likeness (QED) is 0.744. The van der Waals surface area contributed by atoms with Crippen LogP contribution in [0.4, 0.5) is 0 Å². The van der Waals surface area contributed by atoms with Gasteiger partial charge in [-0.05, 0) is 25.5 Å². The van der Waals surface area contributed by atoms with E-state index in [1.54, 1.807) is 0 Å². The number of aromatic nitrogens is 2. The molecule has 1 heterocycles. The molecule has 0 amide bonds. The Morgan fingerprint density at radius 3 is 2.67 bits per heavy atom. The van der Waals surface area contributed by atoms with Gasteiger partial charge in [-0.2, -0.15) is 0 Å². The van der Waals surface area contributed by atoms with Gasteiger partial charge in [0.2, 0.25) is 0 Å². The summed E-state index contributed by atoms with van der Waals surface area (Å²) in [7, 11) is 0.